The minimum atomic E-state index is -1.14. The van der Waals surface area contributed by atoms with Gasteiger partial charge < -0.3 is 15.9 Å². The molecule has 1 unspecified atom stereocenters. The molecule has 0 aliphatic heterocycles. The summed E-state index contributed by atoms with van der Waals surface area (Å²) in [5, 5.41) is 17.7. The number of hydrogen-bond acceptors (Lipinski definition) is 3. The molecule has 0 heterocycles. The number of carbonyl (C=O) groups is 1. The maximum atomic E-state index is 10.5. The Hall–Kier alpha value is -1.55. The van der Waals surface area contributed by atoms with Crippen LogP contribution in [0.1, 0.15) is 8.30 Å². The highest BCUT2D eigenvalue weighted by atomic mass is 16.4. The predicted molar refractivity (Wildman–Crippen MR) is 47.4 cm³/mol. The van der Waals surface area contributed by atoms with Crippen molar-refractivity contribution >= 4 is 5.97 Å². The van der Waals surface area contributed by atoms with Crippen molar-refractivity contribution in [3.63, 3.8) is 0 Å². The molecule has 0 saturated heterocycles. The average molecular weight is 183 g/mol. The smallest absolute Gasteiger partial charge is 0.320 e. The van der Waals surface area contributed by atoms with Gasteiger partial charge in [-0.05, 0) is 24.1 Å². The molecule has 0 aromatic heterocycles. The monoisotopic (exact) mass is 183 g/mol. The molecule has 0 aliphatic rings. The zero-order valence-electron chi connectivity index (χ0n) is 8.82. The van der Waals surface area contributed by atoms with Gasteiger partial charge in [-0.1, -0.05) is 12.1 Å². The van der Waals surface area contributed by atoms with E-state index in [1.54, 1.807) is 0 Å². The van der Waals surface area contributed by atoms with E-state index < -0.39 is 17.8 Å². The molecule has 0 bridgehead atoms. The fourth-order valence-corrected chi connectivity index (χ4v) is 0.865. The maximum Gasteiger partial charge on any atom is 0.320 e. The van der Waals surface area contributed by atoms with Crippen LogP contribution in [0.4, 0.5) is 0 Å². The minimum Gasteiger partial charge on any atom is -0.508 e. The van der Waals surface area contributed by atoms with E-state index in [4.69, 9.17) is 18.7 Å². The molecular formula is C9H11NO3. The lowest BCUT2D eigenvalue weighted by Crippen LogP contribution is -2.32. The van der Waals surface area contributed by atoms with Gasteiger partial charge in [-0.15, -0.1) is 0 Å². The molecular weight excluding hydrogens is 170 g/mol. The Balaban J connectivity index is 2.92. The first-order valence-corrected chi connectivity index (χ1v) is 3.69. The third-order valence-corrected chi connectivity index (χ3v) is 1.56. The number of rotatable bonds is 3. The summed E-state index contributed by atoms with van der Waals surface area (Å²) in [5.41, 5.74) is 5.76. The lowest BCUT2D eigenvalue weighted by atomic mass is 10.1. The number of benzene rings is 1. The molecule has 0 radical (unpaired) electrons. The summed E-state index contributed by atoms with van der Waals surface area (Å²) in [4.78, 5) is 10.5. The summed E-state index contributed by atoms with van der Waals surface area (Å²) in [6.07, 6.45) is 0.0351. The highest BCUT2D eigenvalue weighted by molar-refractivity contribution is 5.73. The van der Waals surface area contributed by atoms with Gasteiger partial charge in [0.1, 0.15) is 11.8 Å². The van der Waals surface area contributed by atoms with Gasteiger partial charge in [-0.2, -0.15) is 0 Å². The molecule has 1 aromatic rings. The number of phenols is 1. The van der Waals surface area contributed by atoms with E-state index in [1.165, 1.54) is 12.1 Å². The van der Waals surface area contributed by atoms with Gasteiger partial charge >= 0.3 is 5.97 Å². The van der Waals surface area contributed by atoms with E-state index in [0.29, 0.717) is 5.56 Å². The summed E-state index contributed by atoms with van der Waals surface area (Å²) in [6.45, 7) is 0. The Morgan fingerprint density at radius 2 is 2.15 bits per heavy atom. The van der Waals surface area contributed by atoms with Crippen LogP contribution in [0.2, 0.25) is 0 Å². The molecule has 4 N–H and O–H groups in total. The molecule has 0 amide bonds. The Labute approximate surface area is 78.4 Å². The van der Waals surface area contributed by atoms with Crippen LogP contribution in [0.3, 0.4) is 0 Å². The van der Waals surface area contributed by atoms with Crippen molar-refractivity contribution in [1.82, 2.24) is 0 Å². The van der Waals surface area contributed by atoms with Crippen LogP contribution < -0.4 is 5.73 Å². The van der Waals surface area contributed by atoms with Crippen molar-refractivity contribution in [2.75, 3.05) is 0 Å². The summed E-state index contributed by atoms with van der Waals surface area (Å²) < 4.78 is 14.6. The van der Waals surface area contributed by atoms with Gasteiger partial charge in [0.2, 0.25) is 0 Å². The molecule has 0 fully saturated rings. The summed E-state index contributed by atoms with van der Waals surface area (Å²) in [6, 6.07) is 1.14. The van der Waals surface area contributed by atoms with Gasteiger partial charge in [0.05, 0.1) is 2.74 Å². The van der Waals surface area contributed by atoms with Crippen LogP contribution >= 0.6 is 0 Å². The Morgan fingerprint density at radius 3 is 2.62 bits per heavy atom. The van der Waals surface area contributed by atoms with Crippen LogP contribution in [0.5, 0.6) is 5.75 Å². The number of nitrogens with two attached hydrogens (primary N) is 1. The van der Waals surface area contributed by atoms with Crippen molar-refractivity contribution in [2.24, 2.45) is 5.73 Å². The highest BCUT2D eigenvalue weighted by Crippen LogP contribution is 2.10. The number of carboxylic acids is 1. The third kappa shape index (κ3) is 2.76. The van der Waals surface area contributed by atoms with Crippen LogP contribution in [-0.4, -0.2) is 22.2 Å². The van der Waals surface area contributed by atoms with Crippen LogP contribution in [-0.2, 0) is 11.2 Å². The van der Waals surface area contributed by atoms with Crippen molar-refractivity contribution in [3.8, 4) is 5.75 Å². The molecule has 4 nitrogen and oxygen atoms in total. The maximum absolute atomic E-state index is 10.5. The van der Waals surface area contributed by atoms with Crippen molar-refractivity contribution in [3.05, 3.63) is 29.8 Å². The molecule has 0 saturated carbocycles. The number of hydrogen-bond donors (Lipinski definition) is 3. The second-order valence-corrected chi connectivity index (χ2v) is 2.65. The van der Waals surface area contributed by atoms with Gasteiger partial charge in [0.15, 0.2) is 0 Å². The highest BCUT2D eigenvalue weighted by Gasteiger charge is 2.11. The van der Waals surface area contributed by atoms with E-state index in [1.807, 2.05) is 0 Å². The quantitative estimate of drug-likeness (QED) is 0.631. The lowest BCUT2D eigenvalue weighted by molar-refractivity contribution is -0.138. The van der Waals surface area contributed by atoms with Crippen molar-refractivity contribution in [2.45, 2.75) is 12.5 Å². The topological polar surface area (TPSA) is 83.6 Å². The second kappa shape index (κ2) is 3.91. The first-order chi connectivity index (χ1) is 6.91. The first kappa shape index (κ1) is 6.91. The molecule has 1 aromatic carbocycles. The van der Waals surface area contributed by atoms with Gasteiger partial charge in [-0.25, -0.2) is 0 Å². The summed E-state index contributed by atoms with van der Waals surface area (Å²) in [7, 11) is 0. The van der Waals surface area contributed by atoms with E-state index in [0.717, 1.165) is 0 Å². The molecule has 70 valence electrons. The largest absolute Gasteiger partial charge is 0.508 e. The summed E-state index contributed by atoms with van der Waals surface area (Å²) in [5.74, 6) is -1.55. The Morgan fingerprint density at radius 1 is 1.62 bits per heavy atom. The average Bonchev–Trinajstić information content (AvgIpc) is 2.13. The fraction of sp³-hybridized carbons (Fsp3) is 0.222. The molecule has 4 heteroatoms. The van der Waals surface area contributed by atoms with Gasteiger partial charge in [-0.3, -0.25) is 4.79 Å². The molecule has 1 rings (SSSR count). The van der Waals surface area contributed by atoms with Crippen LogP contribution in [0.25, 0.3) is 0 Å². The molecule has 0 aliphatic carbocycles. The Kier molecular flexibility index (Phi) is 2.08. The van der Waals surface area contributed by atoms with Gasteiger partial charge in [0.25, 0.3) is 0 Å². The summed E-state index contributed by atoms with van der Waals surface area (Å²) >= 11 is 0. The standard InChI is InChI=1S/C9H11NO3/c10-8(9(12)13)5-6-1-3-7(11)4-2-6/h1-4,8,11H,5,10H2,(H,12,13)/i3D,4D. The predicted octanol–water partition coefficient (Wildman–Crippen LogP) is 0.347. The number of aliphatic carboxylic acids is 1. The zero-order valence-corrected chi connectivity index (χ0v) is 6.82. The van der Waals surface area contributed by atoms with E-state index >= 15 is 0 Å². The van der Waals surface area contributed by atoms with Gasteiger partial charge in [0, 0.05) is 0 Å². The van der Waals surface area contributed by atoms with Crippen molar-refractivity contribution < 1.29 is 17.7 Å². The Bertz CT molecular complexity index is 372. The molecule has 1 atom stereocenters. The zero-order chi connectivity index (χ0) is 11.6. The SMILES string of the molecule is [2H]c1cc(CC(N)C(=O)O)cc([2H])c1O. The van der Waals surface area contributed by atoms with E-state index in [-0.39, 0.29) is 18.5 Å². The number of carboxylic acid groups (broad SMARTS) is 1. The normalized spacial score (nSPS) is 14.5. The molecule has 13 heavy (non-hydrogen) atoms. The molecule has 0 spiro atoms. The second-order valence-electron chi connectivity index (χ2n) is 2.65. The first-order valence-electron chi connectivity index (χ1n) is 4.69. The minimum absolute atomic E-state index is 0.0351. The van der Waals surface area contributed by atoms with Crippen molar-refractivity contribution in [1.29, 1.82) is 0 Å². The fourth-order valence-electron chi connectivity index (χ4n) is 0.865. The lowest BCUT2D eigenvalue weighted by Gasteiger charge is -2.05. The van der Waals surface area contributed by atoms with Crippen LogP contribution in [0.15, 0.2) is 24.2 Å². The third-order valence-electron chi connectivity index (χ3n) is 1.56. The number of aromatic hydroxyl groups is 1. The van der Waals surface area contributed by atoms with Crippen LogP contribution in [0, 0.1) is 0 Å². The van der Waals surface area contributed by atoms with E-state index in [2.05, 4.69) is 0 Å². The number of phenolic OH excluding ortho intramolecular Hbond substituents is 1. The van der Waals surface area contributed by atoms with E-state index in [9.17, 15) is 4.79 Å².